The smallest absolute Gasteiger partial charge is 0.223 e. The summed E-state index contributed by atoms with van der Waals surface area (Å²) in [5, 5.41) is 15.9. The normalized spacial score (nSPS) is 20.1. The van der Waals surface area contributed by atoms with Crippen molar-refractivity contribution in [3.05, 3.63) is 34.9 Å². The van der Waals surface area contributed by atoms with Crippen LogP contribution in [-0.4, -0.2) is 30.0 Å². The van der Waals surface area contributed by atoms with Gasteiger partial charge in [-0.05, 0) is 24.1 Å². The lowest BCUT2D eigenvalue weighted by atomic mass is 9.96. The number of benzene rings is 1. The Morgan fingerprint density at radius 3 is 2.80 bits per heavy atom. The lowest BCUT2D eigenvalue weighted by molar-refractivity contribution is -0.132. The van der Waals surface area contributed by atoms with Gasteiger partial charge in [-0.25, -0.2) is 0 Å². The molecular formula is C14H17ClN2O3. The van der Waals surface area contributed by atoms with Crippen molar-refractivity contribution in [2.75, 3.05) is 13.1 Å². The number of hydrogen-bond donors (Lipinski definition) is 3. The van der Waals surface area contributed by atoms with Crippen LogP contribution in [0.2, 0.25) is 5.02 Å². The lowest BCUT2D eigenvalue weighted by Gasteiger charge is -2.22. The molecule has 1 aliphatic heterocycles. The van der Waals surface area contributed by atoms with Crippen LogP contribution in [-0.2, 0) is 9.59 Å². The molecule has 1 fully saturated rings. The molecule has 1 aromatic rings. The van der Waals surface area contributed by atoms with E-state index in [1.54, 1.807) is 24.3 Å². The Labute approximate surface area is 122 Å². The maximum atomic E-state index is 11.9. The first-order valence-electron chi connectivity index (χ1n) is 6.54. The second-order valence-corrected chi connectivity index (χ2v) is 5.29. The fraction of sp³-hybridized carbons (Fsp3) is 0.429. The molecule has 2 rings (SSSR count). The summed E-state index contributed by atoms with van der Waals surface area (Å²) in [6.07, 6.45) is 0.0611. The molecule has 1 heterocycles. The maximum Gasteiger partial charge on any atom is 0.223 e. The van der Waals surface area contributed by atoms with E-state index < -0.39 is 6.10 Å². The molecule has 2 unspecified atom stereocenters. The third kappa shape index (κ3) is 3.95. The molecule has 1 aromatic carbocycles. The molecule has 0 aromatic heterocycles. The number of aliphatic hydroxyl groups excluding tert-OH is 1. The summed E-state index contributed by atoms with van der Waals surface area (Å²) in [6, 6.07) is 6.81. The number of aliphatic hydroxyl groups is 1. The fourth-order valence-corrected chi connectivity index (χ4v) is 2.28. The van der Waals surface area contributed by atoms with Crippen molar-refractivity contribution in [1.29, 1.82) is 0 Å². The highest BCUT2D eigenvalue weighted by Crippen LogP contribution is 2.17. The molecule has 20 heavy (non-hydrogen) atoms. The second-order valence-electron chi connectivity index (χ2n) is 4.85. The third-order valence-electron chi connectivity index (χ3n) is 3.34. The number of carbonyl (C=O) groups excluding carboxylic acids is 2. The summed E-state index contributed by atoms with van der Waals surface area (Å²) in [7, 11) is 0. The van der Waals surface area contributed by atoms with Crippen molar-refractivity contribution in [2.24, 2.45) is 5.92 Å². The molecule has 0 radical (unpaired) electrons. The third-order valence-corrected chi connectivity index (χ3v) is 3.59. The van der Waals surface area contributed by atoms with E-state index in [-0.39, 0.29) is 30.7 Å². The Morgan fingerprint density at radius 1 is 1.45 bits per heavy atom. The standard InChI is InChI=1S/C14H17ClN2O3/c15-11-3-1-9(2-4-11)12(18)8-17-14(20)10-5-6-16-13(19)7-10/h1-4,10,12,18H,5-8H2,(H,16,19)(H,17,20). The molecule has 3 N–H and O–H groups in total. The van der Waals surface area contributed by atoms with E-state index in [0.717, 1.165) is 0 Å². The number of halogens is 1. The zero-order chi connectivity index (χ0) is 14.5. The zero-order valence-electron chi connectivity index (χ0n) is 10.9. The Balaban J connectivity index is 1.83. The van der Waals surface area contributed by atoms with E-state index in [4.69, 9.17) is 11.6 Å². The molecule has 108 valence electrons. The Morgan fingerprint density at radius 2 is 2.15 bits per heavy atom. The van der Waals surface area contributed by atoms with Gasteiger partial charge in [0.15, 0.2) is 0 Å². The van der Waals surface area contributed by atoms with Crippen LogP contribution in [0.15, 0.2) is 24.3 Å². The average Bonchev–Trinajstić information content (AvgIpc) is 2.45. The van der Waals surface area contributed by atoms with Gasteiger partial charge in [-0.2, -0.15) is 0 Å². The molecule has 2 atom stereocenters. The molecular weight excluding hydrogens is 280 g/mol. The van der Waals surface area contributed by atoms with Gasteiger partial charge in [-0.15, -0.1) is 0 Å². The van der Waals surface area contributed by atoms with Crippen LogP contribution in [0.1, 0.15) is 24.5 Å². The van der Waals surface area contributed by atoms with Crippen molar-refractivity contribution in [3.63, 3.8) is 0 Å². The van der Waals surface area contributed by atoms with Crippen LogP contribution in [0.25, 0.3) is 0 Å². The van der Waals surface area contributed by atoms with E-state index in [2.05, 4.69) is 10.6 Å². The highest BCUT2D eigenvalue weighted by molar-refractivity contribution is 6.30. The topological polar surface area (TPSA) is 78.4 Å². The van der Waals surface area contributed by atoms with Crippen LogP contribution in [0.5, 0.6) is 0 Å². The van der Waals surface area contributed by atoms with E-state index >= 15 is 0 Å². The van der Waals surface area contributed by atoms with E-state index in [9.17, 15) is 14.7 Å². The molecule has 1 aliphatic rings. The summed E-state index contributed by atoms with van der Waals surface area (Å²) in [4.78, 5) is 23.1. The van der Waals surface area contributed by atoms with Crippen LogP contribution in [0, 0.1) is 5.92 Å². The van der Waals surface area contributed by atoms with Crippen molar-refractivity contribution >= 4 is 23.4 Å². The largest absolute Gasteiger partial charge is 0.387 e. The predicted octanol–water partition coefficient (Wildman–Crippen LogP) is 1.02. The summed E-state index contributed by atoms with van der Waals surface area (Å²) < 4.78 is 0. The van der Waals surface area contributed by atoms with E-state index in [1.165, 1.54) is 0 Å². The van der Waals surface area contributed by atoms with Gasteiger partial charge in [0.2, 0.25) is 11.8 Å². The van der Waals surface area contributed by atoms with Gasteiger partial charge in [0.05, 0.1) is 6.10 Å². The maximum absolute atomic E-state index is 11.9. The zero-order valence-corrected chi connectivity index (χ0v) is 11.7. The summed E-state index contributed by atoms with van der Waals surface area (Å²) in [5.74, 6) is -0.594. The monoisotopic (exact) mass is 296 g/mol. The molecule has 6 heteroatoms. The minimum absolute atomic E-state index is 0.102. The highest BCUT2D eigenvalue weighted by Gasteiger charge is 2.25. The Hall–Kier alpha value is -1.59. The average molecular weight is 297 g/mol. The minimum atomic E-state index is -0.784. The second kappa shape index (κ2) is 6.72. The molecule has 5 nitrogen and oxygen atoms in total. The first kappa shape index (κ1) is 14.8. The molecule has 1 saturated heterocycles. The molecule has 0 saturated carbocycles. The quantitative estimate of drug-likeness (QED) is 0.776. The molecule has 0 spiro atoms. The van der Waals surface area contributed by atoms with Crippen LogP contribution in [0.3, 0.4) is 0 Å². The van der Waals surface area contributed by atoms with Gasteiger partial charge in [-0.1, -0.05) is 23.7 Å². The highest BCUT2D eigenvalue weighted by atomic mass is 35.5. The van der Waals surface area contributed by atoms with Gasteiger partial charge in [0, 0.05) is 30.5 Å². The number of carbonyl (C=O) groups is 2. The lowest BCUT2D eigenvalue weighted by Crippen LogP contribution is -2.42. The number of rotatable bonds is 4. The number of amides is 2. The molecule has 2 amide bonds. The summed E-state index contributed by atoms with van der Waals surface area (Å²) in [6.45, 7) is 0.648. The van der Waals surface area contributed by atoms with Crippen molar-refractivity contribution in [1.82, 2.24) is 10.6 Å². The van der Waals surface area contributed by atoms with E-state index in [0.29, 0.717) is 23.6 Å². The molecule has 0 bridgehead atoms. The predicted molar refractivity (Wildman–Crippen MR) is 75.2 cm³/mol. The first-order valence-corrected chi connectivity index (χ1v) is 6.92. The number of piperidine rings is 1. The van der Waals surface area contributed by atoms with Crippen molar-refractivity contribution < 1.29 is 14.7 Å². The minimum Gasteiger partial charge on any atom is -0.387 e. The van der Waals surface area contributed by atoms with Crippen molar-refractivity contribution in [2.45, 2.75) is 18.9 Å². The molecule has 0 aliphatic carbocycles. The number of hydrogen-bond acceptors (Lipinski definition) is 3. The van der Waals surface area contributed by atoms with Gasteiger partial charge in [0.1, 0.15) is 0 Å². The Kier molecular flexibility index (Phi) is 4.98. The van der Waals surface area contributed by atoms with Crippen LogP contribution >= 0.6 is 11.6 Å². The van der Waals surface area contributed by atoms with E-state index in [1.807, 2.05) is 0 Å². The van der Waals surface area contributed by atoms with Gasteiger partial charge in [-0.3, -0.25) is 9.59 Å². The van der Waals surface area contributed by atoms with Crippen molar-refractivity contribution in [3.8, 4) is 0 Å². The number of nitrogens with one attached hydrogen (secondary N) is 2. The van der Waals surface area contributed by atoms with Crippen LogP contribution in [0.4, 0.5) is 0 Å². The fourth-order valence-electron chi connectivity index (χ4n) is 2.15. The van der Waals surface area contributed by atoms with Gasteiger partial charge < -0.3 is 15.7 Å². The summed E-state index contributed by atoms with van der Waals surface area (Å²) in [5.41, 5.74) is 0.691. The van der Waals surface area contributed by atoms with Gasteiger partial charge >= 0.3 is 0 Å². The van der Waals surface area contributed by atoms with Crippen LogP contribution < -0.4 is 10.6 Å². The SMILES string of the molecule is O=C1CC(C(=O)NCC(O)c2ccc(Cl)cc2)CCN1. The summed E-state index contributed by atoms with van der Waals surface area (Å²) >= 11 is 5.77. The van der Waals surface area contributed by atoms with Gasteiger partial charge in [0.25, 0.3) is 0 Å². The Bertz CT molecular complexity index is 490. The first-order chi connectivity index (χ1) is 9.56.